The lowest BCUT2D eigenvalue weighted by atomic mass is 9.86. The van der Waals surface area contributed by atoms with Crippen LogP contribution < -0.4 is 61.2 Å². The Morgan fingerprint density at radius 3 is 1.73 bits per heavy atom. The molecule has 18 N–H and O–H groups in total. The Hall–Kier alpha value is -5.49. The molecule has 0 aliphatic carbocycles. The zero-order valence-electron chi connectivity index (χ0n) is 28.9. The molecule has 0 aliphatic heterocycles. The maximum absolute atomic E-state index is 13.9. The first kappa shape index (κ1) is 39.9. The Labute approximate surface area is 305 Å². The number of nitrogens with two attached hydrogens (primary N) is 8. The van der Waals surface area contributed by atoms with Gasteiger partial charge in [-0.15, -0.1) is 23.5 Å². The molecule has 0 heterocycles. The SMILES string of the molecule is CC(C)(C)c1cc(N)c(SCCN=C(N)N)c(NC(=O)c2cc(OCCN=C(N)N)cc(C(=O)Nc3cccc(N)c3SCCN=C(N)N)c2)c1. The lowest BCUT2D eigenvalue weighted by Crippen LogP contribution is -2.23. The van der Waals surface area contributed by atoms with Crippen molar-refractivity contribution in [2.24, 2.45) is 49.4 Å². The second-order valence-corrected chi connectivity index (χ2v) is 14.2. The molecule has 0 saturated carbocycles. The summed E-state index contributed by atoms with van der Waals surface area (Å²) in [5.74, 6) is 0.107. The fraction of sp³-hybridized carbons (Fsp3) is 0.303. The molecule has 2 amide bonds. The van der Waals surface area contributed by atoms with Gasteiger partial charge in [-0.1, -0.05) is 26.8 Å². The maximum Gasteiger partial charge on any atom is 0.255 e. The van der Waals surface area contributed by atoms with Gasteiger partial charge in [0.05, 0.1) is 40.8 Å². The number of rotatable bonds is 16. The van der Waals surface area contributed by atoms with Crippen LogP contribution in [0.4, 0.5) is 22.7 Å². The van der Waals surface area contributed by atoms with E-state index in [1.165, 1.54) is 41.7 Å². The van der Waals surface area contributed by atoms with Crippen LogP contribution in [-0.4, -0.2) is 67.4 Å². The van der Waals surface area contributed by atoms with Crippen LogP contribution in [0.2, 0.25) is 0 Å². The summed E-state index contributed by atoms with van der Waals surface area (Å²) in [5.41, 5.74) is 48.3. The first-order chi connectivity index (χ1) is 24.0. The average Bonchev–Trinajstić information content (AvgIpc) is 3.04. The third kappa shape index (κ3) is 12.7. The van der Waals surface area contributed by atoms with E-state index in [2.05, 4.69) is 25.6 Å². The van der Waals surface area contributed by atoms with E-state index in [4.69, 9.17) is 50.6 Å². The molecule has 18 heteroatoms. The van der Waals surface area contributed by atoms with Gasteiger partial charge in [-0.25, -0.2) is 0 Å². The number of guanidine groups is 3. The van der Waals surface area contributed by atoms with Gasteiger partial charge in [0.25, 0.3) is 11.8 Å². The molecule has 0 bridgehead atoms. The molecule has 51 heavy (non-hydrogen) atoms. The number of thioether (sulfide) groups is 2. The summed E-state index contributed by atoms with van der Waals surface area (Å²) in [6.07, 6.45) is 0. The number of ether oxygens (including phenoxy) is 1. The molecule has 0 atom stereocenters. The lowest BCUT2D eigenvalue weighted by molar-refractivity contribution is 0.102. The van der Waals surface area contributed by atoms with Gasteiger partial charge in [0.2, 0.25) is 0 Å². The molecule has 0 spiro atoms. The largest absolute Gasteiger partial charge is 0.492 e. The van der Waals surface area contributed by atoms with Gasteiger partial charge in [-0.05, 0) is 53.4 Å². The highest BCUT2D eigenvalue weighted by Crippen LogP contribution is 2.38. The van der Waals surface area contributed by atoms with Crippen LogP contribution >= 0.6 is 23.5 Å². The number of benzene rings is 3. The van der Waals surface area contributed by atoms with E-state index >= 15 is 0 Å². The molecule has 3 rings (SSSR count). The summed E-state index contributed by atoms with van der Waals surface area (Å²) in [5, 5.41) is 5.90. The van der Waals surface area contributed by atoms with Gasteiger partial charge in [-0.2, -0.15) is 0 Å². The van der Waals surface area contributed by atoms with Crippen molar-refractivity contribution in [3.8, 4) is 5.75 Å². The molecule has 0 aliphatic rings. The Bertz CT molecular complexity index is 1800. The number of amides is 2. The second kappa shape index (κ2) is 18.5. The van der Waals surface area contributed by atoms with Crippen molar-refractivity contribution in [3.63, 3.8) is 0 Å². The second-order valence-electron chi connectivity index (χ2n) is 12.0. The van der Waals surface area contributed by atoms with Crippen LogP contribution in [0.1, 0.15) is 47.1 Å². The van der Waals surface area contributed by atoms with Gasteiger partial charge in [-0.3, -0.25) is 24.6 Å². The molecular formula is C33H47N13O3S2. The van der Waals surface area contributed by atoms with Gasteiger partial charge >= 0.3 is 0 Å². The molecule has 0 aromatic heterocycles. The Morgan fingerprint density at radius 1 is 0.686 bits per heavy atom. The van der Waals surface area contributed by atoms with Crippen LogP contribution in [0.3, 0.4) is 0 Å². The molecule has 0 fully saturated rings. The molecular weight excluding hydrogens is 691 g/mol. The van der Waals surface area contributed by atoms with Crippen molar-refractivity contribution in [1.29, 1.82) is 0 Å². The van der Waals surface area contributed by atoms with E-state index in [1.54, 1.807) is 18.2 Å². The normalized spacial score (nSPS) is 10.9. The number of nitrogens with one attached hydrogen (secondary N) is 2. The number of carbonyl (C=O) groups excluding carboxylic acids is 2. The van der Waals surface area contributed by atoms with E-state index in [1.807, 2.05) is 32.9 Å². The number of hydrogen-bond donors (Lipinski definition) is 10. The highest BCUT2D eigenvalue weighted by Gasteiger charge is 2.21. The predicted molar refractivity (Wildman–Crippen MR) is 212 cm³/mol. The standard InChI is InChI=1S/C33H47N13O3S2/c1-33(2,3)20-16-23(35)27(51-12-9-44-32(40)41)25(17-20)46-29(48)19-13-18(14-21(15-19)49-10-7-42-30(36)37)28(47)45-24-6-4-5-22(34)26(24)50-11-8-43-31(38)39/h4-6,13-17H,7-12,34-35H2,1-3H3,(H,45,47)(H,46,48)(H4,36,37,42)(H4,38,39,43)(H4,40,41,44). The highest BCUT2D eigenvalue weighted by molar-refractivity contribution is 7.99. The van der Waals surface area contributed by atoms with E-state index in [9.17, 15) is 9.59 Å². The molecule has 3 aromatic carbocycles. The maximum atomic E-state index is 13.9. The van der Waals surface area contributed by atoms with Crippen LogP contribution in [0, 0.1) is 0 Å². The topological polar surface area (TPSA) is 313 Å². The van der Waals surface area contributed by atoms with Crippen molar-refractivity contribution in [2.45, 2.75) is 36.0 Å². The molecule has 0 unspecified atom stereocenters. The summed E-state index contributed by atoms with van der Waals surface area (Å²) < 4.78 is 5.87. The number of carbonyl (C=O) groups is 2. The summed E-state index contributed by atoms with van der Waals surface area (Å²) >= 11 is 2.78. The first-order valence-corrected chi connectivity index (χ1v) is 17.7. The molecule has 3 aromatic rings. The number of nitrogen functional groups attached to an aromatic ring is 2. The zero-order valence-corrected chi connectivity index (χ0v) is 30.5. The van der Waals surface area contributed by atoms with Gasteiger partial charge in [0, 0.05) is 34.0 Å². The van der Waals surface area contributed by atoms with Crippen molar-refractivity contribution in [1.82, 2.24) is 0 Å². The van der Waals surface area contributed by atoms with Crippen LogP contribution in [0.15, 0.2) is 73.3 Å². The minimum absolute atomic E-state index is 0.0195. The van der Waals surface area contributed by atoms with E-state index in [-0.39, 0.29) is 53.3 Å². The molecule has 274 valence electrons. The molecule has 0 radical (unpaired) electrons. The first-order valence-electron chi connectivity index (χ1n) is 15.7. The van der Waals surface area contributed by atoms with Gasteiger partial charge in [0.1, 0.15) is 12.4 Å². The fourth-order valence-corrected chi connectivity index (χ4v) is 6.24. The Balaban J connectivity index is 1.99. The van der Waals surface area contributed by atoms with Gasteiger partial charge < -0.3 is 61.2 Å². The Morgan fingerprint density at radius 2 is 1.20 bits per heavy atom. The quantitative estimate of drug-likeness (QED) is 0.0331. The van der Waals surface area contributed by atoms with Gasteiger partial charge in [0.15, 0.2) is 17.9 Å². The van der Waals surface area contributed by atoms with Crippen molar-refractivity contribution in [2.75, 3.05) is 59.8 Å². The number of anilines is 4. The Kier molecular flexibility index (Phi) is 14.5. The fourth-order valence-electron chi connectivity index (χ4n) is 4.47. The van der Waals surface area contributed by atoms with Crippen LogP contribution in [0.5, 0.6) is 5.75 Å². The number of aliphatic imine (C=N–C) groups is 3. The summed E-state index contributed by atoms with van der Waals surface area (Å²) in [6.45, 7) is 7.07. The third-order valence-corrected chi connectivity index (χ3v) is 9.14. The zero-order chi connectivity index (χ0) is 37.7. The minimum atomic E-state index is -0.509. The smallest absolute Gasteiger partial charge is 0.255 e. The van der Waals surface area contributed by atoms with Crippen LogP contribution in [-0.2, 0) is 5.41 Å². The summed E-state index contributed by atoms with van der Waals surface area (Å²) in [4.78, 5) is 40.9. The van der Waals surface area contributed by atoms with E-state index in [0.717, 1.165) is 5.56 Å². The van der Waals surface area contributed by atoms with Crippen molar-refractivity contribution < 1.29 is 14.3 Å². The number of nitrogens with zero attached hydrogens (tertiary/aromatic N) is 3. The highest BCUT2D eigenvalue weighted by atomic mass is 32.2. The average molecular weight is 738 g/mol. The van der Waals surface area contributed by atoms with Crippen molar-refractivity contribution in [3.05, 3.63) is 65.2 Å². The summed E-state index contributed by atoms with van der Waals surface area (Å²) in [6, 6.07) is 13.4. The predicted octanol–water partition coefficient (Wildman–Crippen LogP) is 2.04. The summed E-state index contributed by atoms with van der Waals surface area (Å²) in [7, 11) is 0. The van der Waals surface area contributed by atoms with Crippen molar-refractivity contribution >= 4 is 76.0 Å². The van der Waals surface area contributed by atoms with Crippen LogP contribution in [0.25, 0.3) is 0 Å². The minimum Gasteiger partial charge on any atom is -0.492 e. The molecule has 16 nitrogen and oxygen atoms in total. The third-order valence-electron chi connectivity index (χ3n) is 6.87. The number of hydrogen-bond acceptors (Lipinski definition) is 10. The van der Waals surface area contributed by atoms with E-state index < -0.39 is 11.8 Å². The lowest BCUT2D eigenvalue weighted by Gasteiger charge is -2.23. The molecule has 0 saturated heterocycles. The van der Waals surface area contributed by atoms with E-state index in [0.29, 0.717) is 57.1 Å². The monoisotopic (exact) mass is 737 g/mol.